The van der Waals surface area contributed by atoms with E-state index in [4.69, 9.17) is 14.7 Å². The van der Waals surface area contributed by atoms with Gasteiger partial charge in [-0.1, -0.05) is 0 Å². The van der Waals surface area contributed by atoms with Gasteiger partial charge in [-0.15, -0.1) is 0 Å². The molecule has 0 aromatic heterocycles. The highest BCUT2D eigenvalue weighted by Gasteiger charge is 2.16. The van der Waals surface area contributed by atoms with Crippen LogP contribution >= 0.6 is 0 Å². The fraction of sp³-hybridized carbons (Fsp3) is 0.133. The van der Waals surface area contributed by atoms with Crippen molar-refractivity contribution in [3.8, 4) is 23.3 Å². The number of nitro groups is 1. The van der Waals surface area contributed by atoms with E-state index in [2.05, 4.69) is 0 Å². The molecule has 0 amide bonds. The molecule has 6 nitrogen and oxygen atoms in total. The molecule has 0 aliphatic carbocycles. The third-order valence-electron chi connectivity index (χ3n) is 2.65. The minimum Gasteiger partial charge on any atom is -0.494 e. The Morgan fingerprint density at radius 2 is 1.86 bits per heavy atom. The van der Waals surface area contributed by atoms with Gasteiger partial charge in [-0.3, -0.25) is 10.1 Å². The molecule has 6 heteroatoms. The second-order valence-electron chi connectivity index (χ2n) is 4.06. The number of rotatable bonds is 5. The van der Waals surface area contributed by atoms with Crippen molar-refractivity contribution in [3.63, 3.8) is 0 Å². The van der Waals surface area contributed by atoms with Crippen LogP contribution in [0.15, 0.2) is 42.5 Å². The quantitative estimate of drug-likeness (QED) is 0.617. The van der Waals surface area contributed by atoms with Crippen LogP contribution in [0.25, 0.3) is 0 Å². The summed E-state index contributed by atoms with van der Waals surface area (Å²) in [5.41, 5.74) is 0.101. The van der Waals surface area contributed by atoms with Gasteiger partial charge >= 0.3 is 5.69 Å². The lowest BCUT2D eigenvalue weighted by molar-refractivity contribution is -0.385. The second-order valence-corrected chi connectivity index (χ2v) is 4.06. The highest BCUT2D eigenvalue weighted by Crippen LogP contribution is 2.32. The Morgan fingerprint density at radius 1 is 1.19 bits per heavy atom. The van der Waals surface area contributed by atoms with Crippen LogP contribution in [0.2, 0.25) is 0 Å². The van der Waals surface area contributed by atoms with Crippen molar-refractivity contribution in [1.82, 2.24) is 0 Å². The topological polar surface area (TPSA) is 85.4 Å². The Labute approximate surface area is 121 Å². The van der Waals surface area contributed by atoms with Gasteiger partial charge in [0.2, 0.25) is 5.75 Å². The molecular weight excluding hydrogens is 272 g/mol. The van der Waals surface area contributed by atoms with Gasteiger partial charge in [0.1, 0.15) is 11.5 Å². The maximum Gasteiger partial charge on any atom is 0.311 e. The largest absolute Gasteiger partial charge is 0.494 e. The van der Waals surface area contributed by atoms with Gasteiger partial charge in [-0.2, -0.15) is 5.26 Å². The summed E-state index contributed by atoms with van der Waals surface area (Å²) in [5, 5.41) is 19.8. The van der Waals surface area contributed by atoms with E-state index < -0.39 is 4.92 Å². The van der Waals surface area contributed by atoms with Gasteiger partial charge in [0, 0.05) is 12.1 Å². The summed E-state index contributed by atoms with van der Waals surface area (Å²) in [6.45, 7) is 2.43. The number of nitrogens with zero attached hydrogens (tertiary/aromatic N) is 2. The van der Waals surface area contributed by atoms with Gasteiger partial charge in [-0.25, -0.2) is 0 Å². The van der Waals surface area contributed by atoms with E-state index in [1.54, 1.807) is 24.3 Å². The third kappa shape index (κ3) is 3.48. The summed E-state index contributed by atoms with van der Waals surface area (Å²) >= 11 is 0. The first kappa shape index (κ1) is 14.3. The smallest absolute Gasteiger partial charge is 0.311 e. The van der Waals surface area contributed by atoms with Gasteiger partial charge in [0.15, 0.2) is 0 Å². The standard InChI is InChI=1S/C15H12N2O4/c1-2-20-12-4-6-13(7-5-12)21-15-9-11(10-16)3-8-14(15)17(18)19/h3-9H,2H2,1H3. The summed E-state index contributed by atoms with van der Waals surface area (Å²) in [6.07, 6.45) is 0. The number of benzene rings is 2. The molecule has 0 unspecified atom stereocenters. The van der Waals surface area contributed by atoms with Crippen LogP contribution in [0.3, 0.4) is 0 Å². The molecular formula is C15H12N2O4. The van der Waals surface area contributed by atoms with Crippen LogP contribution < -0.4 is 9.47 Å². The Balaban J connectivity index is 2.29. The predicted molar refractivity (Wildman–Crippen MR) is 75.5 cm³/mol. The number of nitriles is 1. The molecule has 0 N–H and O–H groups in total. The average Bonchev–Trinajstić information content (AvgIpc) is 2.49. The Kier molecular flexibility index (Phi) is 4.36. The first-order valence-electron chi connectivity index (χ1n) is 6.23. The van der Waals surface area contributed by atoms with Crippen molar-refractivity contribution < 1.29 is 14.4 Å². The molecule has 106 valence electrons. The maximum atomic E-state index is 11.0. The van der Waals surface area contributed by atoms with Crippen LogP contribution in [-0.4, -0.2) is 11.5 Å². The van der Waals surface area contributed by atoms with Crippen LogP contribution in [0, 0.1) is 21.4 Å². The Bertz CT molecular complexity index is 690. The first-order valence-corrected chi connectivity index (χ1v) is 6.23. The third-order valence-corrected chi connectivity index (χ3v) is 2.65. The molecule has 0 aliphatic heterocycles. The highest BCUT2D eigenvalue weighted by atomic mass is 16.6. The van der Waals surface area contributed by atoms with Crippen molar-refractivity contribution in [3.05, 3.63) is 58.1 Å². The number of nitro benzene ring substituents is 1. The summed E-state index contributed by atoms with van der Waals surface area (Å²) in [6, 6.07) is 12.6. The zero-order valence-corrected chi connectivity index (χ0v) is 11.3. The summed E-state index contributed by atoms with van der Waals surface area (Å²) in [4.78, 5) is 10.4. The van der Waals surface area contributed by atoms with Crippen molar-refractivity contribution in [2.45, 2.75) is 6.92 Å². The van der Waals surface area contributed by atoms with E-state index in [9.17, 15) is 10.1 Å². The number of ether oxygens (including phenoxy) is 2. The fourth-order valence-corrected chi connectivity index (χ4v) is 1.71. The molecule has 2 aromatic rings. The van der Waals surface area contributed by atoms with Gasteiger partial charge in [0.05, 0.1) is 23.2 Å². The van der Waals surface area contributed by atoms with Gasteiger partial charge < -0.3 is 9.47 Å². The maximum absolute atomic E-state index is 11.0. The molecule has 0 atom stereocenters. The predicted octanol–water partition coefficient (Wildman–Crippen LogP) is 3.66. The summed E-state index contributed by atoms with van der Waals surface area (Å²) < 4.78 is 10.8. The minimum absolute atomic E-state index is 0.0307. The van der Waals surface area contributed by atoms with Crippen molar-refractivity contribution >= 4 is 5.69 Å². The molecule has 0 heterocycles. The lowest BCUT2D eigenvalue weighted by Crippen LogP contribution is -1.95. The number of hydrogen-bond donors (Lipinski definition) is 0. The molecule has 0 saturated carbocycles. The minimum atomic E-state index is -0.551. The molecule has 0 saturated heterocycles. The van der Waals surface area contributed by atoms with E-state index in [-0.39, 0.29) is 11.4 Å². The van der Waals surface area contributed by atoms with E-state index in [1.165, 1.54) is 18.2 Å². The van der Waals surface area contributed by atoms with Gasteiger partial charge in [-0.05, 0) is 37.3 Å². The highest BCUT2D eigenvalue weighted by molar-refractivity contribution is 5.53. The monoisotopic (exact) mass is 284 g/mol. The lowest BCUT2D eigenvalue weighted by atomic mass is 10.2. The Morgan fingerprint density at radius 3 is 2.43 bits per heavy atom. The fourth-order valence-electron chi connectivity index (χ4n) is 1.71. The molecule has 0 bridgehead atoms. The molecule has 21 heavy (non-hydrogen) atoms. The summed E-state index contributed by atoms with van der Waals surface area (Å²) in [5.74, 6) is 1.14. The molecule has 0 radical (unpaired) electrons. The molecule has 0 fully saturated rings. The zero-order valence-electron chi connectivity index (χ0n) is 11.3. The SMILES string of the molecule is CCOc1ccc(Oc2cc(C#N)ccc2[N+](=O)[O-])cc1. The Hall–Kier alpha value is -3.07. The van der Waals surface area contributed by atoms with E-state index in [0.29, 0.717) is 23.7 Å². The van der Waals surface area contributed by atoms with Crippen molar-refractivity contribution in [2.75, 3.05) is 6.61 Å². The van der Waals surface area contributed by atoms with Crippen LogP contribution in [0.5, 0.6) is 17.2 Å². The lowest BCUT2D eigenvalue weighted by Gasteiger charge is -2.08. The van der Waals surface area contributed by atoms with E-state index in [1.807, 2.05) is 13.0 Å². The molecule has 0 spiro atoms. The van der Waals surface area contributed by atoms with Gasteiger partial charge in [0.25, 0.3) is 0 Å². The summed E-state index contributed by atoms with van der Waals surface area (Å²) in [7, 11) is 0. The van der Waals surface area contributed by atoms with E-state index in [0.717, 1.165) is 0 Å². The molecule has 2 rings (SSSR count). The normalized spacial score (nSPS) is 9.71. The molecule has 0 aliphatic rings. The second kappa shape index (κ2) is 6.39. The average molecular weight is 284 g/mol. The van der Waals surface area contributed by atoms with Crippen LogP contribution in [0.4, 0.5) is 5.69 Å². The van der Waals surface area contributed by atoms with Crippen molar-refractivity contribution in [1.29, 1.82) is 5.26 Å². The van der Waals surface area contributed by atoms with Crippen LogP contribution in [-0.2, 0) is 0 Å². The van der Waals surface area contributed by atoms with Crippen LogP contribution in [0.1, 0.15) is 12.5 Å². The first-order chi connectivity index (χ1) is 10.1. The number of hydrogen-bond acceptors (Lipinski definition) is 5. The zero-order chi connectivity index (χ0) is 15.2. The molecule has 2 aromatic carbocycles. The van der Waals surface area contributed by atoms with Crippen molar-refractivity contribution in [2.24, 2.45) is 0 Å². The van der Waals surface area contributed by atoms with E-state index >= 15 is 0 Å².